The zero-order valence-corrected chi connectivity index (χ0v) is 26.5. The predicted octanol–water partition coefficient (Wildman–Crippen LogP) is 6.43. The highest BCUT2D eigenvalue weighted by molar-refractivity contribution is 5.92. The zero-order valence-electron chi connectivity index (χ0n) is 26.5. The third-order valence-electron chi connectivity index (χ3n) is 9.40. The molecule has 4 N–H and O–H groups in total. The van der Waals surface area contributed by atoms with Crippen LogP contribution in [0.3, 0.4) is 0 Å². The first-order valence-corrected chi connectivity index (χ1v) is 15.8. The van der Waals surface area contributed by atoms with E-state index in [2.05, 4.69) is 15.6 Å². The molecule has 9 heteroatoms. The second-order valence-corrected chi connectivity index (χ2v) is 13.5. The fourth-order valence-electron chi connectivity index (χ4n) is 7.18. The Kier molecular flexibility index (Phi) is 9.30. The second-order valence-electron chi connectivity index (χ2n) is 13.5. The van der Waals surface area contributed by atoms with E-state index in [9.17, 15) is 24.6 Å². The van der Waals surface area contributed by atoms with Crippen molar-refractivity contribution < 1.29 is 24.6 Å². The molecule has 2 aliphatic carbocycles. The standard InChI is InChI=1S/C36H44N4O5/c1-23(2)33(42)40(4)28-16-10-24(11-17-28)18-32(41)38-31-19-29(25-8-6-5-7-9-25)30(20-37-31)26-12-14-27(15-13-26)36(39-34(43)44)21-35(3,45)22-36/h5-9,12-15,19-20,23-24,28,39,45H,10-11,16-18,21-22H2,1-4H3,(H,43,44)(H,37,38,41). The minimum absolute atomic E-state index is 0.0169. The minimum atomic E-state index is -1.12. The van der Waals surface area contributed by atoms with Crippen molar-refractivity contribution in [3.8, 4) is 22.3 Å². The molecular weight excluding hydrogens is 568 g/mol. The molecule has 2 aromatic carbocycles. The Balaban J connectivity index is 1.30. The number of hydrogen-bond acceptors (Lipinski definition) is 5. The third-order valence-corrected chi connectivity index (χ3v) is 9.40. The molecule has 0 bridgehead atoms. The number of nitrogens with one attached hydrogen (secondary N) is 2. The molecule has 9 nitrogen and oxygen atoms in total. The highest BCUT2D eigenvalue weighted by Gasteiger charge is 2.53. The predicted molar refractivity (Wildman–Crippen MR) is 174 cm³/mol. The first-order valence-electron chi connectivity index (χ1n) is 15.8. The molecule has 2 saturated carbocycles. The molecule has 0 saturated heterocycles. The molecule has 1 heterocycles. The maximum Gasteiger partial charge on any atom is 0.405 e. The van der Waals surface area contributed by atoms with Gasteiger partial charge in [-0.2, -0.15) is 0 Å². The van der Waals surface area contributed by atoms with Gasteiger partial charge in [0.15, 0.2) is 0 Å². The Morgan fingerprint density at radius 3 is 2.16 bits per heavy atom. The van der Waals surface area contributed by atoms with Crippen LogP contribution in [-0.4, -0.2) is 56.7 Å². The van der Waals surface area contributed by atoms with Gasteiger partial charge in [-0.15, -0.1) is 0 Å². The Hall–Kier alpha value is -4.24. The van der Waals surface area contributed by atoms with Crippen molar-refractivity contribution in [3.05, 3.63) is 72.4 Å². The van der Waals surface area contributed by atoms with E-state index in [1.54, 1.807) is 13.1 Å². The zero-order chi connectivity index (χ0) is 32.4. The molecular formula is C36H44N4O5. The molecule has 0 spiro atoms. The SMILES string of the molecule is CC(C)C(=O)N(C)C1CCC(CC(=O)Nc2cc(-c3ccccc3)c(-c3ccc(C4(NC(=O)O)CC(C)(O)C4)cc3)cn2)CC1. The summed E-state index contributed by atoms with van der Waals surface area (Å²) in [4.78, 5) is 43.5. The van der Waals surface area contributed by atoms with Crippen molar-refractivity contribution in [2.45, 2.75) is 82.9 Å². The minimum Gasteiger partial charge on any atom is -0.465 e. The molecule has 45 heavy (non-hydrogen) atoms. The number of nitrogens with zero attached hydrogens (tertiary/aromatic N) is 2. The van der Waals surface area contributed by atoms with Gasteiger partial charge >= 0.3 is 6.09 Å². The van der Waals surface area contributed by atoms with Crippen molar-refractivity contribution in [3.63, 3.8) is 0 Å². The number of amides is 3. The lowest BCUT2D eigenvalue weighted by atomic mass is 9.62. The summed E-state index contributed by atoms with van der Waals surface area (Å²) in [5.41, 5.74) is 2.72. The topological polar surface area (TPSA) is 132 Å². The molecule has 5 rings (SSSR count). The maximum absolute atomic E-state index is 13.1. The molecule has 238 valence electrons. The van der Waals surface area contributed by atoms with Crippen LogP contribution in [0.1, 0.15) is 71.3 Å². The molecule has 2 fully saturated rings. The van der Waals surface area contributed by atoms with E-state index in [1.165, 1.54) is 0 Å². The molecule has 0 radical (unpaired) electrons. The highest BCUT2D eigenvalue weighted by atomic mass is 16.4. The lowest BCUT2D eigenvalue weighted by molar-refractivity contribution is -0.136. The summed E-state index contributed by atoms with van der Waals surface area (Å²) >= 11 is 0. The smallest absolute Gasteiger partial charge is 0.405 e. The van der Waals surface area contributed by atoms with Gasteiger partial charge in [-0.1, -0.05) is 68.4 Å². The number of hydrogen-bond donors (Lipinski definition) is 4. The first-order chi connectivity index (χ1) is 21.4. The van der Waals surface area contributed by atoms with E-state index < -0.39 is 17.2 Å². The van der Waals surface area contributed by atoms with Gasteiger partial charge < -0.3 is 25.7 Å². The van der Waals surface area contributed by atoms with Crippen LogP contribution in [0.2, 0.25) is 0 Å². The lowest BCUT2D eigenvalue weighted by Gasteiger charge is -2.51. The summed E-state index contributed by atoms with van der Waals surface area (Å²) < 4.78 is 0. The van der Waals surface area contributed by atoms with E-state index in [0.717, 1.165) is 53.5 Å². The van der Waals surface area contributed by atoms with Crippen molar-refractivity contribution in [2.75, 3.05) is 12.4 Å². The average molecular weight is 613 g/mol. The van der Waals surface area contributed by atoms with Gasteiger partial charge in [-0.25, -0.2) is 9.78 Å². The fourth-order valence-corrected chi connectivity index (χ4v) is 7.18. The molecule has 1 aromatic heterocycles. The van der Waals surface area contributed by atoms with Crippen LogP contribution >= 0.6 is 0 Å². The largest absolute Gasteiger partial charge is 0.465 e. The number of carbonyl (C=O) groups is 3. The van der Waals surface area contributed by atoms with Crippen LogP contribution < -0.4 is 10.6 Å². The van der Waals surface area contributed by atoms with Gasteiger partial charge in [-0.05, 0) is 66.8 Å². The Morgan fingerprint density at radius 1 is 0.956 bits per heavy atom. The third kappa shape index (κ3) is 7.36. The van der Waals surface area contributed by atoms with Crippen LogP contribution in [0.15, 0.2) is 66.9 Å². The van der Waals surface area contributed by atoms with Crippen molar-refractivity contribution in [1.82, 2.24) is 15.2 Å². The molecule has 3 amide bonds. The number of aromatic nitrogens is 1. The summed E-state index contributed by atoms with van der Waals surface area (Å²) in [5.74, 6) is 0.839. The quantitative estimate of drug-likeness (QED) is 0.220. The van der Waals surface area contributed by atoms with Crippen molar-refractivity contribution >= 4 is 23.7 Å². The van der Waals surface area contributed by atoms with Gasteiger partial charge in [0.25, 0.3) is 0 Å². The Morgan fingerprint density at radius 2 is 1.58 bits per heavy atom. The fraction of sp³-hybridized carbons (Fsp3) is 0.444. The van der Waals surface area contributed by atoms with Gasteiger partial charge in [0.2, 0.25) is 11.8 Å². The van der Waals surface area contributed by atoms with Gasteiger partial charge in [0, 0.05) is 50.0 Å². The number of pyridine rings is 1. The van der Waals surface area contributed by atoms with E-state index >= 15 is 0 Å². The normalized spacial score (nSPS) is 24.4. The average Bonchev–Trinajstić information content (AvgIpc) is 3.00. The van der Waals surface area contributed by atoms with Crippen molar-refractivity contribution in [2.24, 2.45) is 11.8 Å². The second kappa shape index (κ2) is 13.0. The van der Waals surface area contributed by atoms with E-state index in [-0.39, 0.29) is 29.7 Å². The molecule has 0 atom stereocenters. The number of benzene rings is 2. The van der Waals surface area contributed by atoms with Crippen LogP contribution in [0.25, 0.3) is 22.3 Å². The Bertz CT molecular complexity index is 1520. The molecule has 2 aliphatic rings. The monoisotopic (exact) mass is 612 g/mol. The van der Waals surface area contributed by atoms with Crippen molar-refractivity contribution in [1.29, 1.82) is 0 Å². The van der Waals surface area contributed by atoms with Crippen LogP contribution in [0.4, 0.5) is 10.6 Å². The summed E-state index contributed by atoms with van der Waals surface area (Å²) in [6, 6.07) is 19.7. The van der Waals surface area contributed by atoms with Crippen LogP contribution in [-0.2, 0) is 15.1 Å². The van der Waals surface area contributed by atoms with Crippen LogP contribution in [0, 0.1) is 11.8 Å². The van der Waals surface area contributed by atoms with E-state index in [1.807, 2.05) is 86.5 Å². The first kappa shape index (κ1) is 32.2. The van der Waals surface area contributed by atoms with Gasteiger partial charge in [0.05, 0.1) is 11.1 Å². The number of aliphatic hydroxyl groups is 1. The van der Waals surface area contributed by atoms with E-state index in [4.69, 9.17) is 0 Å². The van der Waals surface area contributed by atoms with Crippen LogP contribution in [0.5, 0.6) is 0 Å². The summed E-state index contributed by atoms with van der Waals surface area (Å²) in [6.07, 6.45) is 5.28. The van der Waals surface area contributed by atoms with E-state index in [0.29, 0.717) is 25.1 Å². The summed E-state index contributed by atoms with van der Waals surface area (Å²) in [6.45, 7) is 5.56. The number of anilines is 1. The molecule has 3 aromatic rings. The molecule has 0 aliphatic heterocycles. The molecule has 0 unspecified atom stereocenters. The summed E-state index contributed by atoms with van der Waals surface area (Å²) in [7, 11) is 1.89. The number of rotatable bonds is 9. The lowest BCUT2D eigenvalue weighted by Crippen LogP contribution is -2.61. The maximum atomic E-state index is 13.1. The summed E-state index contributed by atoms with van der Waals surface area (Å²) in [5, 5.41) is 25.5. The van der Waals surface area contributed by atoms with Gasteiger partial charge in [0.1, 0.15) is 5.82 Å². The number of carbonyl (C=O) groups excluding carboxylic acids is 2. The number of carboxylic acid groups (broad SMARTS) is 1. The van der Waals surface area contributed by atoms with Gasteiger partial charge in [-0.3, -0.25) is 9.59 Å². The highest BCUT2D eigenvalue weighted by Crippen LogP contribution is 2.48. The Labute approximate surface area is 265 Å².